The Kier molecular flexibility index (Phi) is 4.04. The van der Waals surface area contributed by atoms with Gasteiger partial charge in [0.05, 0.1) is 11.6 Å². The Balaban J connectivity index is 3.37. The molecule has 5 heteroatoms. The second kappa shape index (κ2) is 5.29. The molecule has 0 saturated heterocycles. The van der Waals surface area contributed by atoms with E-state index in [1.54, 1.807) is 18.2 Å². The Morgan fingerprint density at radius 2 is 2.00 bits per heavy atom. The lowest BCUT2D eigenvalue weighted by molar-refractivity contribution is 0.368. The summed E-state index contributed by atoms with van der Waals surface area (Å²) in [6, 6.07) is 7.62. The fraction of sp³-hybridized carbons (Fsp3) is 0.0909. The van der Waals surface area contributed by atoms with Gasteiger partial charge in [-0.2, -0.15) is 10.5 Å². The third-order valence-corrected chi connectivity index (χ3v) is 2.48. The van der Waals surface area contributed by atoms with Gasteiger partial charge in [0.15, 0.2) is 11.3 Å². The zero-order chi connectivity index (χ0) is 12.1. The average molecular weight is 281 g/mol. The van der Waals surface area contributed by atoms with E-state index in [0.29, 0.717) is 10.0 Å². The molecule has 0 spiro atoms. The second-order valence-corrected chi connectivity index (χ2v) is 3.62. The Morgan fingerprint density at radius 3 is 2.44 bits per heavy atom. The van der Waals surface area contributed by atoms with E-state index in [1.165, 1.54) is 19.2 Å². The number of rotatable bonds is 2. The molecule has 16 heavy (non-hydrogen) atoms. The van der Waals surface area contributed by atoms with Gasteiger partial charge in [0.1, 0.15) is 18.0 Å². The summed E-state index contributed by atoms with van der Waals surface area (Å²) in [6.45, 7) is 0. The van der Waals surface area contributed by atoms with E-state index >= 15 is 0 Å². The third kappa shape index (κ3) is 2.39. The number of allylic oxidation sites excluding steroid dienone is 1. The van der Waals surface area contributed by atoms with Gasteiger partial charge in [0.25, 0.3) is 0 Å². The molecule has 3 nitrogen and oxygen atoms in total. The van der Waals surface area contributed by atoms with Crippen LogP contribution in [0.3, 0.4) is 0 Å². The molecule has 0 aliphatic heterocycles. The van der Waals surface area contributed by atoms with Gasteiger partial charge in [-0.3, -0.25) is 0 Å². The Labute approximate surface area is 100 Å². The van der Waals surface area contributed by atoms with Crippen molar-refractivity contribution in [2.45, 2.75) is 0 Å². The molecule has 0 aliphatic carbocycles. The summed E-state index contributed by atoms with van der Waals surface area (Å²) in [5, 5.41) is 17.4. The van der Waals surface area contributed by atoms with Crippen LogP contribution in [0.1, 0.15) is 5.56 Å². The molecule has 0 unspecified atom stereocenters. The summed E-state index contributed by atoms with van der Waals surface area (Å²) in [7, 11) is 1.32. The van der Waals surface area contributed by atoms with Crippen molar-refractivity contribution in [3.63, 3.8) is 0 Å². The highest BCUT2D eigenvalue weighted by molar-refractivity contribution is 9.10. The number of hydrogen-bond acceptors (Lipinski definition) is 3. The minimum absolute atomic E-state index is 0.0661. The van der Waals surface area contributed by atoms with Crippen molar-refractivity contribution in [3.8, 4) is 12.1 Å². The average Bonchev–Trinajstić information content (AvgIpc) is 2.29. The monoisotopic (exact) mass is 280 g/mol. The van der Waals surface area contributed by atoms with Crippen LogP contribution in [0, 0.1) is 28.5 Å². The highest BCUT2D eigenvalue weighted by atomic mass is 79.9. The fourth-order valence-electron chi connectivity index (χ4n) is 1.13. The van der Waals surface area contributed by atoms with Crippen molar-refractivity contribution >= 4 is 21.7 Å². The summed E-state index contributed by atoms with van der Waals surface area (Å²) in [6.07, 6.45) is 0. The second-order valence-electron chi connectivity index (χ2n) is 2.76. The predicted octanol–water partition coefficient (Wildman–Crippen LogP) is 2.99. The lowest BCUT2D eigenvalue weighted by atomic mass is 10.1. The van der Waals surface area contributed by atoms with Gasteiger partial charge in [-0.15, -0.1) is 0 Å². The first-order valence-electron chi connectivity index (χ1n) is 4.18. The third-order valence-electron chi connectivity index (χ3n) is 1.84. The number of methoxy groups -OCH3 is 1. The van der Waals surface area contributed by atoms with Crippen LogP contribution in [0.15, 0.2) is 28.2 Å². The van der Waals surface area contributed by atoms with Crippen molar-refractivity contribution < 1.29 is 9.13 Å². The summed E-state index contributed by atoms with van der Waals surface area (Å²) < 4.78 is 18.5. The van der Waals surface area contributed by atoms with Crippen LogP contribution >= 0.6 is 15.9 Å². The Hall–Kier alpha value is -1.85. The standard InChI is InChI=1S/C11H6BrFN2O/c1-16-11(8(5-14)6-15)7-2-3-9(12)10(13)4-7/h2-4H,1H3. The molecule has 0 fully saturated rings. The lowest BCUT2D eigenvalue weighted by Gasteiger charge is -2.06. The normalized spacial score (nSPS) is 8.81. The summed E-state index contributed by atoms with van der Waals surface area (Å²) in [5.41, 5.74) is 0.158. The number of benzene rings is 1. The van der Waals surface area contributed by atoms with Gasteiger partial charge in [0.2, 0.25) is 0 Å². The molecule has 1 aromatic rings. The van der Waals surface area contributed by atoms with Crippen molar-refractivity contribution in [2.24, 2.45) is 0 Å². The molecule has 80 valence electrons. The van der Waals surface area contributed by atoms with E-state index in [0.717, 1.165) is 0 Å². The van der Waals surface area contributed by atoms with E-state index in [9.17, 15) is 4.39 Å². The highest BCUT2D eigenvalue weighted by Gasteiger charge is 2.11. The van der Waals surface area contributed by atoms with Crippen LogP contribution in [-0.2, 0) is 4.74 Å². The molecule has 0 amide bonds. The first kappa shape index (κ1) is 12.2. The molecule has 0 atom stereocenters. The van der Waals surface area contributed by atoms with Crippen LogP contribution in [-0.4, -0.2) is 7.11 Å². The topological polar surface area (TPSA) is 56.8 Å². The maximum atomic E-state index is 13.3. The van der Waals surface area contributed by atoms with E-state index in [-0.39, 0.29) is 11.3 Å². The number of halogens is 2. The van der Waals surface area contributed by atoms with Crippen molar-refractivity contribution in [1.29, 1.82) is 10.5 Å². The molecule has 0 aliphatic rings. The molecule has 0 heterocycles. The molecule has 0 saturated carbocycles. The van der Waals surface area contributed by atoms with Crippen LogP contribution in [0.4, 0.5) is 4.39 Å². The Bertz CT molecular complexity index is 510. The van der Waals surface area contributed by atoms with Crippen molar-refractivity contribution in [1.82, 2.24) is 0 Å². The number of ether oxygens (including phenoxy) is 1. The maximum absolute atomic E-state index is 13.3. The molecule has 0 bridgehead atoms. The zero-order valence-corrected chi connectivity index (χ0v) is 9.88. The first-order valence-corrected chi connectivity index (χ1v) is 4.97. The molecule has 1 aromatic carbocycles. The quantitative estimate of drug-likeness (QED) is 0.618. The molecular weight excluding hydrogens is 275 g/mol. The van der Waals surface area contributed by atoms with Crippen LogP contribution < -0.4 is 0 Å². The van der Waals surface area contributed by atoms with Gasteiger partial charge in [-0.05, 0) is 34.1 Å². The molecule has 1 rings (SSSR count). The summed E-state index contributed by atoms with van der Waals surface area (Å²) in [5.74, 6) is -0.418. The van der Waals surface area contributed by atoms with Gasteiger partial charge >= 0.3 is 0 Å². The number of hydrogen-bond donors (Lipinski definition) is 0. The smallest absolute Gasteiger partial charge is 0.172 e. The van der Waals surface area contributed by atoms with Gasteiger partial charge in [0, 0.05) is 5.56 Å². The van der Waals surface area contributed by atoms with Gasteiger partial charge in [-0.1, -0.05) is 0 Å². The molecular formula is C11H6BrFN2O. The van der Waals surface area contributed by atoms with Crippen LogP contribution in [0.25, 0.3) is 5.76 Å². The van der Waals surface area contributed by atoms with E-state index in [1.807, 2.05) is 0 Å². The lowest BCUT2D eigenvalue weighted by Crippen LogP contribution is -1.93. The number of nitriles is 2. The zero-order valence-electron chi connectivity index (χ0n) is 8.29. The fourth-order valence-corrected chi connectivity index (χ4v) is 1.37. The SMILES string of the molecule is COC(=C(C#N)C#N)c1ccc(Br)c(F)c1. The molecule has 0 aromatic heterocycles. The minimum Gasteiger partial charge on any atom is -0.494 e. The predicted molar refractivity (Wildman–Crippen MR) is 59.3 cm³/mol. The summed E-state index contributed by atoms with van der Waals surface area (Å²) >= 11 is 3.01. The van der Waals surface area contributed by atoms with Crippen molar-refractivity contribution in [3.05, 3.63) is 39.6 Å². The first-order chi connectivity index (χ1) is 7.63. The largest absolute Gasteiger partial charge is 0.494 e. The van der Waals surface area contributed by atoms with E-state index < -0.39 is 5.82 Å². The molecule has 0 N–H and O–H groups in total. The van der Waals surface area contributed by atoms with E-state index in [2.05, 4.69) is 15.9 Å². The minimum atomic E-state index is -0.484. The maximum Gasteiger partial charge on any atom is 0.172 e. The highest BCUT2D eigenvalue weighted by Crippen LogP contribution is 2.23. The number of nitrogens with zero attached hydrogens (tertiary/aromatic N) is 2. The van der Waals surface area contributed by atoms with Crippen LogP contribution in [0.5, 0.6) is 0 Å². The van der Waals surface area contributed by atoms with Gasteiger partial charge in [-0.25, -0.2) is 4.39 Å². The van der Waals surface area contributed by atoms with Crippen molar-refractivity contribution in [2.75, 3.05) is 7.11 Å². The van der Waals surface area contributed by atoms with Gasteiger partial charge < -0.3 is 4.74 Å². The summed E-state index contributed by atoms with van der Waals surface area (Å²) in [4.78, 5) is 0. The van der Waals surface area contributed by atoms with Crippen LogP contribution in [0.2, 0.25) is 0 Å². The Morgan fingerprint density at radius 1 is 1.38 bits per heavy atom. The molecule has 0 radical (unpaired) electrons. The van der Waals surface area contributed by atoms with E-state index in [4.69, 9.17) is 15.3 Å².